The summed E-state index contributed by atoms with van der Waals surface area (Å²) >= 11 is 0. The smallest absolute Gasteiger partial charge is 0.217 e. The maximum Gasteiger partial charge on any atom is 0.217 e. The average molecular weight is 421 g/mol. The summed E-state index contributed by atoms with van der Waals surface area (Å²) in [5, 5.41) is 68.0. The Kier molecular flexibility index (Phi) is 7.47. The molecule has 0 aromatic carbocycles. The van der Waals surface area contributed by atoms with E-state index in [4.69, 9.17) is 14.2 Å². The van der Waals surface area contributed by atoms with Crippen molar-refractivity contribution in [1.82, 2.24) is 0 Å². The second kappa shape index (κ2) is 8.87. The second-order valence-electron chi connectivity index (χ2n) is 6.04. The van der Waals surface area contributed by atoms with Crippen molar-refractivity contribution in [3.05, 3.63) is 0 Å². The molecule has 15 heteroatoms. The van der Waals surface area contributed by atoms with E-state index in [1.54, 1.807) is 0 Å². The molecule has 2 fully saturated rings. The molecule has 160 valence electrons. The topological polar surface area (TPSA) is 236 Å². The SMILES string of the molecule is O=S(=O)([O-])OC[C@H]1O[C@@H](O[C@H]2[C@H](O)[C@@H](O)[C@H](O)O[C@@H]2CO)[C@H](O)[C@@H](O)[C@@H]1O. The summed E-state index contributed by atoms with van der Waals surface area (Å²) in [5.41, 5.74) is 0. The number of aliphatic hydroxyl groups is 7. The van der Waals surface area contributed by atoms with Crippen LogP contribution < -0.4 is 0 Å². The molecule has 0 unspecified atom stereocenters. The van der Waals surface area contributed by atoms with Crippen LogP contribution in [-0.4, -0.2) is 123 Å². The summed E-state index contributed by atoms with van der Waals surface area (Å²) in [4.78, 5) is 0. The highest BCUT2D eigenvalue weighted by Crippen LogP contribution is 2.28. The van der Waals surface area contributed by atoms with Crippen LogP contribution >= 0.6 is 0 Å². The summed E-state index contributed by atoms with van der Waals surface area (Å²) in [6, 6.07) is 0. The maximum absolute atomic E-state index is 10.5. The van der Waals surface area contributed by atoms with Crippen LogP contribution in [0.2, 0.25) is 0 Å². The Morgan fingerprint density at radius 3 is 2.04 bits per heavy atom. The molecule has 2 rings (SSSR count). The van der Waals surface area contributed by atoms with Crippen molar-refractivity contribution >= 4 is 10.4 Å². The number of ether oxygens (including phenoxy) is 3. The lowest BCUT2D eigenvalue weighted by Gasteiger charge is -2.45. The van der Waals surface area contributed by atoms with E-state index < -0.39 is 85.0 Å². The first-order chi connectivity index (χ1) is 12.5. The summed E-state index contributed by atoms with van der Waals surface area (Å²) in [7, 11) is -5.14. The van der Waals surface area contributed by atoms with Gasteiger partial charge in [-0.05, 0) is 0 Å². The molecule has 27 heavy (non-hydrogen) atoms. The number of rotatable bonds is 6. The molecule has 14 nitrogen and oxygen atoms in total. The molecule has 0 aromatic rings. The molecule has 0 aliphatic carbocycles. The first kappa shape index (κ1) is 22.8. The lowest BCUT2D eigenvalue weighted by Crippen LogP contribution is -2.64. The third kappa shape index (κ3) is 5.30. The minimum absolute atomic E-state index is 0.777. The molecule has 2 saturated heterocycles. The molecule has 0 amide bonds. The number of hydrogen-bond donors (Lipinski definition) is 7. The third-order valence-electron chi connectivity index (χ3n) is 4.18. The molecule has 0 spiro atoms. The van der Waals surface area contributed by atoms with Gasteiger partial charge in [0.2, 0.25) is 10.4 Å². The van der Waals surface area contributed by atoms with Crippen molar-refractivity contribution in [1.29, 1.82) is 0 Å². The Morgan fingerprint density at radius 2 is 1.48 bits per heavy atom. The van der Waals surface area contributed by atoms with Gasteiger partial charge >= 0.3 is 0 Å². The summed E-state index contributed by atoms with van der Waals surface area (Å²) < 4.78 is 50.7. The molecule has 2 aliphatic heterocycles. The molecule has 2 aliphatic rings. The Hall–Kier alpha value is -0.530. The van der Waals surface area contributed by atoms with E-state index in [0.29, 0.717) is 0 Å². The van der Waals surface area contributed by atoms with Crippen molar-refractivity contribution in [2.75, 3.05) is 13.2 Å². The van der Waals surface area contributed by atoms with Crippen molar-refractivity contribution in [3.8, 4) is 0 Å². The minimum Gasteiger partial charge on any atom is -0.726 e. The predicted octanol–water partition coefficient (Wildman–Crippen LogP) is -5.91. The van der Waals surface area contributed by atoms with Crippen LogP contribution in [0.3, 0.4) is 0 Å². The van der Waals surface area contributed by atoms with Crippen molar-refractivity contribution in [3.63, 3.8) is 0 Å². The average Bonchev–Trinajstić information content (AvgIpc) is 2.60. The van der Waals surface area contributed by atoms with Crippen LogP contribution in [0.4, 0.5) is 0 Å². The molecule has 7 N–H and O–H groups in total. The van der Waals surface area contributed by atoms with Crippen molar-refractivity contribution < 1.29 is 67.1 Å². The first-order valence-electron chi connectivity index (χ1n) is 7.72. The second-order valence-corrected chi connectivity index (χ2v) is 7.09. The number of hydrogen-bond acceptors (Lipinski definition) is 14. The maximum atomic E-state index is 10.5. The van der Waals surface area contributed by atoms with Gasteiger partial charge in [-0.25, -0.2) is 8.42 Å². The van der Waals surface area contributed by atoms with E-state index in [9.17, 15) is 48.7 Å². The van der Waals surface area contributed by atoms with Gasteiger partial charge in [-0.15, -0.1) is 0 Å². The lowest BCUT2D eigenvalue weighted by atomic mass is 9.97. The van der Waals surface area contributed by atoms with Crippen LogP contribution in [0, 0.1) is 0 Å². The van der Waals surface area contributed by atoms with Gasteiger partial charge in [0.1, 0.15) is 48.8 Å². The first-order valence-corrected chi connectivity index (χ1v) is 9.05. The summed E-state index contributed by atoms with van der Waals surface area (Å²) in [6.45, 7) is -1.79. The van der Waals surface area contributed by atoms with E-state index in [1.807, 2.05) is 0 Å². The Morgan fingerprint density at radius 1 is 0.852 bits per heavy atom. The lowest BCUT2D eigenvalue weighted by molar-refractivity contribution is -0.354. The van der Waals surface area contributed by atoms with E-state index in [1.165, 1.54) is 0 Å². The van der Waals surface area contributed by atoms with Gasteiger partial charge in [0.15, 0.2) is 12.6 Å². The van der Waals surface area contributed by atoms with Gasteiger partial charge in [-0.1, -0.05) is 0 Å². The van der Waals surface area contributed by atoms with Crippen molar-refractivity contribution in [2.24, 2.45) is 0 Å². The fraction of sp³-hybridized carbons (Fsp3) is 1.00. The van der Waals surface area contributed by atoms with E-state index >= 15 is 0 Å². The summed E-state index contributed by atoms with van der Waals surface area (Å²) in [5.74, 6) is 0. The van der Waals surface area contributed by atoms with Crippen LogP contribution in [0.1, 0.15) is 0 Å². The van der Waals surface area contributed by atoms with Gasteiger partial charge in [0.25, 0.3) is 0 Å². The highest BCUT2D eigenvalue weighted by molar-refractivity contribution is 7.80. The van der Waals surface area contributed by atoms with Crippen LogP contribution in [0.25, 0.3) is 0 Å². The standard InChI is InChI=1S/C12H22O14S/c13-1-3-10(7(16)8(17)11(19)24-3)26-12-9(18)6(15)5(14)4(25-12)2-23-27(20,21)22/h3-19H,1-2H2,(H,20,21,22)/p-1/t3-,4-,5-,6+,7-,8-,9-,10-,11-,12+/m1/s1. The van der Waals surface area contributed by atoms with E-state index in [-0.39, 0.29) is 0 Å². The molecular formula is C12H21O14S-. The Labute approximate surface area is 153 Å². The fourth-order valence-electron chi connectivity index (χ4n) is 2.71. The highest BCUT2D eigenvalue weighted by atomic mass is 32.3. The predicted molar refractivity (Wildman–Crippen MR) is 77.2 cm³/mol. The molecule has 0 radical (unpaired) electrons. The Bertz CT molecular complexity index is 583. The Balaban J connectivity index is 2.12. The van der Waals surface area contributed by atoms with Gasteiger partial charge < -0.3 is 54.5 Å². The third-order valence-corrected chi connectivity index (χ3v) is 4.60. The van der Waals surface area contributed by atoms with E-state index in [2.05, 4.69) is 4.18 Å². The quantitative estimate of drug-likeness (QED) is 0.156. The van der Waals surface area contributed by atoms with Crippen LogP contribution in [0.15, 0.2) is 0 Å². The summed E-state index contributed by atoms with van der Waals surface area (Å²) in [6.07, 6.45) is -17.5. The molecular weight excluding hydrogens is 400 g/mol. The zero-order valence-electron chi connectivity index (χ0n) is 13.6. The zero-order valence-corrected chi connectivity index (χ0v) is 14.4. The minimum atomic E-state index is -5.14. The fourth-order valence-corrected chi connectivity index (χ4v) is 3.01. The molecule has 0 saturated carbocycles. The zero-order chi connectivity index (χ0) is 20.5. The molecule has 10 atom stereocenters. The highest BCUT2D eigenvalue weighted by Gasteiger charge is 2.50. The van der Waals surface area contributed by atoms with Crippen LogP contribution in [0.5, 0.6) is 0 Å². The molecule has 2 heterocycles. The number of aliphatic hydroxyl groups excluding tert-OH is 7. The van der Waals surface area contributed by atoms with Gasteiger partial charge in [-0.3, -0.25) is 4.18 Å². The monoisotopic (exact) mass is 421 g/mol. The van der Waals surface area contributed by atoms with Gasteiger partial charge in [0.05, 0.1) is 13.2 Å². The molecule has 0 aromatic heterocycles. The van der Waals surface area contributed by atoms with Gasteiger partial charge in [0, 0.05) is 0 Å². The largest absolute Gasteiger partial charge is 0.726 e. The van der Waals surface area contributed by atoms with Crippen molar-refractivity contribution in [2.45, 2.75) is 61.4 Å². The van der Waals surface area contributed by atoms with Gasteiger partial charge in [-0.2, -0.15) is 0 Å². The molecule has 0 bridgehead atoms. The van der Waals surface area contributed by atoms with E-state index in [0.717, 1.165) is 0 Å². The normalized spacial score (nSPS) is 46.4. The van der Waals surface area contributed by atoms with Crippen LogP contribution in [-0.2, 0) is 28.8 Å².